The fourth-order valence-corrected chi connectivity index (χ4v) is 7.58. The summed E-state index contributed by atoms with van der Waals surface area (Å²) in [6, 6.07) is 4.02. The summed E-state index contributed by atoms with van der Waals surface area (Å²) in [5.74, 6) is -1.49. The molecule has 3 fully saturated rings. The number of carbonyl (C=O) groups is 4. The number of benzene rings is 1. The van der Waals surface area contributed by atoms with E-state index in [0.717, 1.165) is 4.70 Å². The number of amides is 4. The van der Waals surface area contributed by atoms with Crippen LogP contribution >= 0.6 is 18.9 Å². The van der Waals surface area contributed by atoms with Crippen LogP contribution in [-0.2, 0) is 25.1 Å². The van der Waals surface area contributed by atoms with E-state index in [1.807, 2.05) is 0 Å². The van der Waals surface area contributed by atoms with Crippen LogP contribution in [0.2, 0.25) is 0 Å². The van der Waals surface area contributed by atoms with Gasteiger partial charge in [-0.1, -0.05) is 6.07 Å². The third kappa shape index (κ3) is 6.07. The maximum atomic E-state index is 14.5. The van der Waals surface area contributed by atoms with Crippen LogP contribution in [0.4, 0.5) is 4.39 Å². The molecule has 4 N–H and O–H groups in total. The van der Waals surface area contributed by atoms with Crippen molar-refractivity contribution in [3.05, 3.63) is 34.7 Å². The summed E-state index contributed by atoms with van der Waals surface area (Å²) >= 11 is 1.21. The summed E-state index contributed by atoms with van der Waals surface area (Å²) in [6.45, 7) is 1.36. The van der Waals surface area contributed by atoms with Gasteiger partial charge in [0.05, 0.1) is 23.6 Å². The van der Waals surface area contributed by atoms with Gasteiger partial charge >= 0.3 is 7.60 Å². The Bertz CT molecular complexity index is 1400. The van der Waals surface area contributed by atoms with Gasteiger partial charge in [0.15, 0.2) is 0 Å². The zero-order valence-electron chi connectivity index (χ0n) is 21.9. The first-order valence-corrected chi connectivity index (χ1v) is 15.9. The number of alkyl halides is 1. The Kier molecular flexibility index (Phi) is 8.02. The third-order valence-electron chi connectivity index (χ3n) is 7.91. The fraction of sp³-hybridized carbons (Fsp3) is 0.538. The molecule has 5 rings (SSSR count). The summed E-state index contributed by atoms with van der Waals surface area (Å²) in [7, 11) is -4.23. The van der Waals surface area contributed by atoms with Gasteiger partial charge in [0.25, 0.3) is 5.91 Å². The van der Waals surface area contributed by atoms with E-state index in [4.69, 9.17) is 0 Å². The minimum Gasteiger partial charge on any atom is -0.347 e. The quantitative estimate of drug-likeness (QED) is 0.372. The fourth-order valence-electron chi connectivity index (χ4n) is 5.96. The Balaban J connectivity index is 1.27. The van der Waals surface area contributed by atoms with E-state index in [9.17, 15) is 37.9 Å². The standard InChI is InChI=1S/C26H32FN4O7PS/c1-14(32)30-11-18(27)20(12-30)29-24(33)21-7-6-17-3-2-4-19(26(35)31(17)21)28-25(34)23-10-16-9-15(13-39(36,37)38)5-8-22(16)40-23/h5,8-10,17-21H,2-4,6-7,11-13H2,1H3,(H,28,34)(H,29,33)(H2,36,37,38)/t17-,18-,19-,20-,21-/m0/s1. The molecule has 3 saturated heterocycles. The maximum absolute atomic E-state index is 14.5. The second-order valence-corrected chi connectivity index (χ2v) is 13.5. The first-order chi connectivity index (χ1) is 18.9. The molecule has 0 unspecified atom stereocenters. The van der Waals surface area contributed by atoms with Crippen LogP contribution in [0.25, 0.3) is 10.1 Å². The van der Waals surface area contributed by atoms with Gasteiger partial charge in [-0.2, -0.15) is 0 Å². The molecule has 1 aromatic carbocycles. The highest BCUT2D eigenvalue weighted by Crippen LogP contribution is 2.40. The van der Waals surface area contributed by atoms with Crippen molar-refractivity contribution in [1.29, 1.82) is 0 Å². The predicted molar refractivity (Wildman–Crippen MR) is 145 cm³/mol. The van der Waals surface area contributed by atoms with Crippen LogP contribution in [0.3, 0.4) is 0 Å². The second-order valence-electron chi connectivity index (χ2n) is 10.8. The number of thiophene rings is 1. The van der Waals surface area contributed by atoms with Gasteiger partial charge in [0, 0.05) is 24.2 Å². The number of nitrogens with one attached hydrogen (secondary N) is 2. The number of carbonyl (C=O) groups excluding carboxylic acids is 4. The van der Waals surface area contributed by atoms with Crippen LogP contribution in [0, 0.1) is 0 Å². The van der Waals surface area contributed by atoms with Crippen LogP contribution in [-0.4, -0.2) is 86.6 Å². The van der Waals surface area contributed by atoms with Gasteiger partial charge in [-0.25, -0.2) is 4.39 Å². The molecule has 3 aliphatic rings. The summed E-state index contributed by atoms with van der Waals surface area (Å²) in [6.07, 6.45) is 1.10. The monoisotopic (exact) mass is 594 g/mol. The Morgan fingerprint density at radius 1 is 1.10 bits per heavy atom. The maximum Gasteiger partial charge on any atom is 0.329 e. The molecule has 5 atom stereocenters. The van der Waals surface area contributed by atoms with Crippen LogP contribution < -0.4 is 10.6 Å². The highest BCUT2D eigenvalue weighted by molar-refractivity contribution is 7.50. The molecule has 14 heteroatoms. The molecule has 216 valence electrons. The number of fused-ring (bicyclic) bond motifs is 2. The lowest BCUT2D eigenvalue weighted by molar-refractivity contribution is -0.141. The van der Waals surface area contributed by atoms with E-state index < -0.39 is 49.9 Å². The summed E-state index contributed by atoms with van der Waals surface area (Å²) < 4.78 is 26.6. The highest BCUT2D eigenvalue weighted by atomic mass is 32.1. The zero-order chi connectivity index (χ0) is 28.8. The SMILES string of the molecule is CC(=O)N1C[C@H](NC(=O)[C@@H]2CC[C@@H]3CCC[C@H](NC(=O)c4cc5cc(CP(=O)(O)O)ccc5s4)C(=O)N32)[C@@H](F)C1. The van der Waals surface area contributed by atoms with E-state index in [2.05, 4.69) is 10.6 Å². The molecule has 0 saturated carbocycles. The van der Waals surface area contributed by atoms with Crippen molar-refractivity contribution in [2.75, 3.05) is 13.1 Å². The predicted octanol–water partition coefficient (Wildman–Crippen LogP) is 1.91. The van der Waals surface area contributed by atoms with Crippen molar-refractivity contribution in [1.82, 2.24) is 20.4 Å². The molecule has 0 spiro atoms. The number of likely N-dealkylation sites (tertiary alicyclic amines) is 1. The molecule has 3 aliphatic heterocycles. The van der Waals surface area contributed by atoms with E-state index in [0.29, 0.717) is 47.9 Å². The van der Waals surface area contributed by atoms with Crippen LogP contribution in [0.1, 0.15) is 54.3 Å². The lowest BCUT2D eigenvalue weighted by atomic mass is 10.1. The van der Waals surface area contributed by atoms with Gasteiger partial charge in [-0.05, 0) is 61.3 Å². The van der Waals surface area contributed by atoms with Crippen molar-refractivity contribution in [3.63, 3.8) is 0 Å². The van der Waals surface area contributed by atoms with Crippen molar-refractivity contribution >= 4 is 52.6 Å². The number of hydrogen-bond acceptors (Lipinski definition) is 6. The normalized spacial score (nSPS) is 27.0. The topological polar surface area (TPSA) is 156 Å². The average Bonchev–Trinajstić information content (AvgIpc) is 3.56. The van der Waals surface area contributed by atoms with Gasteiger partial charge in [0.1, 0.15) is 18.3 Å². The van der Waals surface area contributed by atoms with Gasteiger partial charge < -0.3 is 30.2 Å². The Labute approximate surface area is 234 Å². The van der Waals surface area contributed by atoms with E-state index >= 15 is 0 Å². The van der Waals surface area contributed by atoms with Crippen molar-refractivity contribution in [2.45, 2.75) is 75.5 Å². The van der Waals surface area contributed by atoms with Crippen molar-refractivity contribution in [3.8, 4) is 0 Å². The molecule has 0 radical (unpaired) electrons. The first-order valence-electron chi connectivity index (χ1n) is 13.3. The molecule has 4 heterocycles. The number of rotatable bonds is 6. The van der Waals surface area contributed by atoms with E-state index in [1.54, 1.807) is 29.2 Å². The third-order valence-corrected chi connectivity index (χ3v) is 9.80. The van der Waals surface area contributed by atoms with Gasteiger partial charge in [0.2, 0.25) is 17.7 Å². The molecular formula is C26H32FN4O7PS. The average molecular weight is 595 g/mol. The summed E-state index contributed by atoms with van der Waals surface area (Å²) in [4.78, 5) is 73.4. The number of nitrogens with zero attached hydrogens (tertiary/aromatic N) is 2. The smallest absolute Gasteiger partial charge is 0.329 e. The minimum atomic E-state index is -4.23. The highest BCUT2D eigenvalue weighted by Gasteiger charge is 2.46. The molecule has 40 heavy (non-hydrogen) atoms. The Hall–Kier alpha value is -2.86. The first kappa shape index (κ1) is 28.7. The van der Waals surface area contributed by atoms with Crippen LogP contribution in [0.15, 0.2) is 24.3 Å². The number of halogens is 1. The van der Waals surface area contributed by atoms with E-state index in [1.165, 1.54) is 23.2 Å². The van der Waals surface area contributed by atoms with Gasteiger partial charge in [-0.15, -0.1) is 11.3 Å². The second kappa shape index (κ2) is 11.2. The summed E-state index contributed by atoms with van der Waals surface area (Å²) in [5.41, 5.74) is 0.458. The molecule has 4 amide bonds. The van der Waals surface area contributed by atoms with E-state index in [-0.39, 0.29) is 30.9 Å². The summed E-state index contributed by atoms with van der Waals surface area (Å²) in [5, 5.41) is 6.21. The molecule has 11 nitrogen and oxygen atoms in total. The van der Waals surface area contributed by atoms with Crippen molar-refractivity contribution in [2.24, 2.45) is 0 Å². The minimum absolute atomic E-state index is 0.0764. The zero-order valence-corrected chi connectivity index (χ0v) is 23.6. The Morgan fingerprint density at radius 3 is 2.58 bits per heavy atom. The molecule has 0 bridgehead atoms. The molecule has 0 aliphatic carbocycles. The molecular weight excluding hydrogens is 562 g/mol. The van der Waals surface area contributed by atoms with Crippen molar-refractivity contribution < 1.29 is 37.9 Å². The molecule has 1 aromatic heterocycles. The van der Waals surface area contributed by atoms with Crippen LogP contribution in [0.5, 0.6) is 0 Å². The lowest BCUT2D eigenvalue weighted by Gasteiger charge is -2.31. The largest absolute Gasteiger partial charge is 0.347 e. The lowest BCUT2D eigenvalue weighted by Crippen LogP contribution is -2.56. The molecule has 2 aromatic rings. The van der Waals surface area contributed by atoms with Gasteiger partial charge in [-0.3, -0.25) is 23.7 Å². The Morgan fingerprint density at radius 2 is 1.88 bits per heavy atom. The number of hydrogen-bond donors (Lipinski definition) is 4.